The van der Waals surface area contributed by atoms with Crippen molar-refractivity contribution in [1.82, 2.24) is 9.97 Å². The van der Waals surface area contributed by atoms with Crippen LogP contribution >= 0.6 is 0 Å². The van der Waals surface area contributed by atoms with E-state index in [0.29, 0.717) is 5.75 Å². The molecule has 7 heteroatoms. The summed E-state index contributed by atoms with van der Waals surface area (Å²) in [6.07, 6.45) is 4.15. The Hall–Kier alpha value is -2.96. The van der Waals surface area contributed by atoms with E-state index in [-0.39, 0.29) is 23.4 Å². The zero-order valence-electron chi connectivity index (χ0n) is 10.2. The Kier molecular flexibility index (Phi) is 3.90. The Labute approximate surface area is 113 Å². The van der Waals surface area contributed by atoms with E-state index >= 15 is 0 Å². The second-order valence-corrected chi connectivity index (χ2v) is 3.81. The van der Waals surface area contributed by atoms with Gasteiger partial charge in [0.2, 0.25) is 0 Å². The number of hydrogen-bond donors (Lipinski definition) is 2. The first-order valence-electron chi connectivity index (χ1n) is 5.56. The van der Waals surface area contributed by atoms with Crippen molar-refractivity contribution in [2.45, 2.75) is 6.61 Å². The fourth-order valence-electron chi connectivity index (χ4n) is 1.49. The SMILES string of the molecule is O=C(O)c1cnc(COc2cccnc2)c(C(=O)O)c1. The first-order chi connectivity index (χ1) is 9.58. The molecule has 0 saturated heterocycles. The summed E-state index contributed by atoms with van der Waals surface area (Å²) in [6.45, 7) is -0.0901. The van der Waals surface area contributed by atoms with Crippen LogP contribution in [0.3, 0.4) is 0 Å². The monoisotopic (exact) mass is 274 g/mol. The van der Waals surface area contributed by atoms with Gasteiger partial charge in [-0.15, -0.1) is 0 Å². The summed E-state index contributed by atoms with van der Waals surface area (Å²) in [5.74, 6) is -2.03. The lowest BCUT2D eigenvalue weighted by molar-refractivity contribution is 0.0693. The predicted octanol–water partition coefficient (Wildman–Crippen LogP) is 1.45. The van der Waals surface area contributed by atoms with Gasteiger partial charge in [0.05, 0.1) is 23.0 Å². The Bertz CT molecular complexity index is 642. The molecule has 0 amide bonds. The number of nitrogens with zero attached hydrogens (tertiary/aromatic N) is 2. The van der Waals surface area contributed by atoms with E-state index < -0.39 is 11.9 Å². The Morgan fingerprint density at radius 1 is 1.20 bits per heavy atom. The summed E-state index contributed by atoms with van der Waals surface area (Å²) >= 11 is 0. The van der Waals surface area contributed by atoms with Crippen LogP contribution < -0.4 is 4.74 Å². The first kappa shape index (κ1) is 13.5. The minimum atomic E-state index is -1.26. The molecule has 0 fully saturated rings. The highest BCUT2D eigenvalue weighted by atomic mass is 16.5. The number of hydrogen-bond acceptors (Lipinski definition) is 5. The lowest BCUT2D eigenvalue weighted by Gasteiger charge is -2.08. The molecule has 2 rings (SSSR count). The average Bonchev–Trinajstić information content (AvgIpc) is 2.45. The molecule has 0 aliphatic heterocycles. The van der Waals surface area contributed by atoms with Gasteiger partial charge >= 0.3 is 11.9 Å². The van der Waals surface area contributed by atoms with Gasteiger partial charge in [0.15, 0.2) is 0 Å². The molecular formula is C13H10N2O5. The smallest absolute Gasteiger partial charge is 0.337 e. The van der Waals surface area contributed by atoms with Crippen LogP contribution in [0.25, 0.3) is 0 Å². The number of aromatic carboxylic acids is 2. The van der Waals surface area contributed by atoms with Crippen LogP contribution in [0, 0.1) is 0 Å². The fraction of sp³-hybridized carbons (Fsp3) is 0.0769. The van der Waals surface area contributed by atoms with Crippen LogP contribution in [0.5, 0.6) is 5.75 Å². The minimum Gasteiger partial charge on any atom is -0.486 e. The predicted molar refractivity (Wildman–Crippen MR) is 66.7 cm³/mol. The average molecular weight is 274 g/mol. The maximum Gasteiger partial charge on any atom is 0.337 e. The van der Waals surface area contributed by atoms with Crippen molar-refractivity contribution in [1.29, 1.82) is 0 Å². The van der Waals surface area contributed by atoms with E-state index in [4.69, 9.17) is 14.9 Å². The van der Waals surface area contributed by atoms with Crippen LogP contribution in [0.2, 0.25) is 0 Å². The van der Waals surface area contributed by atoms with Gasteiger partial charge in [-0.1, -0.05) is 0 Å². The van der Waals surface area contributed by atoms with Crippen LogP contribution in [0.1, 0.15) is 26.4 Å². The zero-order chi connectivity index (χ0) is 14.5. The molecule has 0 bridgehead atoms. The van der Waals surface area contributed by atoms with Crippen LogP contribution in [0.15, 0.2) is 36.8 Å². The summed E-state index contributed by atoms with van der Waals surface area (Å²) in [7, 11) is 0. The van der Waals surface area contributed by atoms with Gasteiger partial charge in [0.25, 0.3) is 0 Å². The maximum atomic E-state index is 11.1. The normalized spacial score (nSPS) is 10.0. The van der Waals surface area contributed by atoms with Crippen LogP contribution in [-0.4, -0.2) is 32.1 Å². The Morgan fingerprint density at radius 2 is 2.00 bits per heavy atom. The van der Waals surface area contributed by atoms with Crippen molar-refractivity contribution >= 4 is 11.9 Å². The number of pyridine rings is 2. The number of rotatable bonds is 5. The number of carboxylic acid groups (broad SMARTS) is 2. The van der Waals surface area contributed by atoms with Gasteiger partial charge in [-0.25, -0.2) is 9.59 Å². The highest BCUT2D eigenvalue weighted by Crippen LogP contribution is 2.14. The van der Waals surface area contributed by atoms with E-state index in [1.54, 1.807) is 18.3 Å². The summed E-state index contributed by atoms with van der Waals surface area (Å²) < 4.78 is 5.35. The number of ether oxygens (including phenoxy) is 1. The molecule has 0 atom stereocenters. The molecule has 0 aliphatic carbocycles. The van der Waals surface area contributed by atoms with Crippen molar-refractivity contribution in [3.63, 3.8) is 0 Å². The van der Waals surface area contributed by atoms with Gasteiger partial charge in [0, 0.05) is 12.4 Å². The largest absolute Gasteiger partial charge is 0.486 e. The second-order valence-electron chi connectivity index (χ2n) is 3.81. The summed E-state index contributed by atoms with van der Waals surface area (Å²) in [4.78, 5) is 29.6. The third-order valence-electron chi connectivity index (χ3n) is 2.46. The molecular weight excluding hydrogens is 264 g/mol. The Balaban J connectivity index is 2.23. The lowest BCUT2D eigenvalue weighted by atomic mass is 10.1. The molecule has 2 N–H and O–H groups in total. The molecule has 102 valence electrons. The van der Waals surface area contributed by atoms with E-state index in [1.165, 1.54) is 6.20 Å². The van der Waals surface area contributed by atoms with Crippen molar-refractivity contribution in [3.05, 3.63) is 53.6 Å². The summed E-state index contributed by atoms with van der Waals surface area (Å²) in [6, 6.07) is 4.40. The molecule has 2 aromatic rings. The summed E-state index contributed by atoms with van der Waals surface area (Å²) in [5.41, 5.74) is -0.243. The fourth-order valence-corrected chi connectivity index (χ4v) is 1.49. The standard InChI is InChI=1S/C13H10N2O5/c16-12(17)8-4-10(13(18)19)11(15-5-8)7-20-9-2-1-3-14-6-9/h1-6H,7H2,(H,16,17)(H,18,19). The maximum absolute atomic E-state index is 11.1. The number of aromatic nitrogens is 2. The number of carboxylic acids is 2. The number of carbonyl (C=O) groups is 2. The van der Waals surface area contributed by atoms with Crippen molar-refractivity contribution in [3.8, 4) is 5.75 Å². The van der Waals surface area contributed by atoms with Gasteiger partial charge in [-0.3, -0.25) is 9.97 Å². The van der Waals surface area contributed by atoms with E-state index in [1.807, 2.05) is 0 Å². The minimum absolute atomic E-state index is 0.0901. The molecule has 2 aromatic heterocycles. The van der Waals surface area contributed by atoms with Gasteiger partial charge in [-0.05, 0) is 18.2 Å². The van der Waals surface area contributed by atoms with Crippen LogP contribution in [-0.2, 0) is 6.61 Å². The molecule has 0 radical (unpaired) electrons. The molecule has 0 spiro atoms. The van der Waals surface area contributed by atoms with Crippen molar-refractivity contribution in [2.24, 2.45) is 0 Å². The first-order valence-corrected chi connectivity index (χ1v) is 5.56. The third-order valence-corrected chi connectivity index (χ3v) is 2.46. The highest BCUT2D eigenvalue weighted by Gasteiger charge is 2.15. The quantitative estimate of drug-likeness (QED) is 0.849. The lowest BCUT2D eigenvalue weighted by Crippen LogP contribution is -2.11. The topological polar surface area (TPSA) is 110 Å². The van der Waals surface area contributed by atoms with E-state index in [9.17, 15) is 9.59 Å². The van der Waals surface area contributed by atoms with Gasteiger partial charge < -0.3 is 14.9 Å². The highest BCUT2D eigenvalue weighted by molar-refractivity contribution is 5.94. The molecule has 0 aromatic carbocycles. The van der Waals surface area contributed by atoms with Gasteiger partial charge in [-0.2, -0.15) is 0 Å². The molecule has 20 heavy (non-hydrogen) atoms. The molecule has 2 heterocycles. The van der Waals surface area contributed by atoms with Gasteiger partial charge in [0.1, 0.15) is 12.4 Å². The Morgan fingerprint density at radius 3 is 2.60 bits per heavy atom. The van der Waals surface area contributed by atoms with Crippen molar-refractivity contribution in [2.75, 3.05) is 0 Å². The van der Waals surface area contributed by atoms with E-state index in [2.05, 4.69) is 9.97 Å². The molecule has 0 saturated carbocycles. The second kappa shape index (κ2) is 5.79. The van der Waals surface area contributed by atoms with Crippen molar-refractivity contribution < 1.29 is 24.5 Å². The third kappa shape index (κ3) is 3.08. The van der Waals surface area contributed by atoms with E-state index in [0.717, 1.165) is 12.3 Å². The molecule has 0 unspecified atom stereocenters. The molecule has 7 nitrogen and oxygen atoms in total. The summed E-state index contributed by atoms with van der Waals surface area (Å²) in [5, 5.41) is 17.9. The molecule has 0 aliphatic rings. The van der Waals surface area contributed by atoms with Crippen LogP contribution in [0.4, 0.5) is 0 Å². The zero-order valence-corrected chi connectivity index (χ0v) is 10.2.